The van der Waals surface area contributed by atoms with Crippen molar-refractivity contribution in [2.45, 2.75) is 43.3 Å². The van der Waals surface area contributed by atoms with Gasteiger partial charge in [0.25, 0.3) is 5.00 Å². The molecular formula is C12H18F4O2S. The highest BCUT2D eigenvalue weighted by Crippen LogP contribution is 2.36. The fourth-order valence-electron chi connectivity index (χ4n) is 1.36. The molecule has 1 unspecified atom stereocenters. The van der Waals surface area contributed by atoms with Crippen LogP contribution in [0.1, 0.15) is 32.1 Å². The largest absolute Gasteiger partial charge is 0.466 e. The van der Waals surface area contributed by atoms with E-state index in [1.807, 2.05) is 0 Å². The number of allylic oxidation sites excluding steroid dienone is 1. The second-order valence-corrected chi connectivity index (χ2v) is 5.31. The highest BCUT2D eigenvalue weighted by atomic mass is 32.2. The van der Waals surface area contributed by atoms with Crippen LogP contribution in [0.2, 0.25) is 0 Å². The van der Waals surface area contributed by atoms with E-state index < -0.39 is 29.3 Å². The van der Waals surface area contributed by atoms with Crippen LogP contribution in [0.15, 0.2) is 12.7 Å². The summed E-state index contributed by atoms with van der Waals surface area (Å²) in [7, 11) is 1.02. The summed E-state index contributed by atoms with van der Waals surface area (Å²) in [6.45, 7) is 3.51. The van der Waals surface area contributed by atoms with Crippen molar-refractivity contribution < 1.29 is 27.1 Å². The van der Waals surface area contributed by atoms with Gasteiger partial charge in [-0.2, -0.15) is 13.2 Å². The zero-order valence-corrected chi connectivity index (χ0v) is 11.6. The van der Waals surface area contributed by atoms with E-state index in [0.29, 0.717) is 31.0 Å². The average Bonchev–Trinajstić information content (AvgIpc) is 2.32. The van der Waals surface area contributed by atoms with Gasteiger partial charge < -0.3 is 4.74 Å². The van der Waals surface area contributed by atoms with Crippen molar-refractivity contribution in [3.63, 3.8) is 0 Å². The van der Waals surface area contributed by atoms with E-state index in [1.165, 1.54) is 0 Å². The topological polar surface area (TPSA) is 26.3 Å². The third kappa shape index (κ3) is 8.13. The molecule has 0 aromatic heterocycles. The Kier molecular flexibility index (Phi) is 8.13. The summed E-state index contributed by atoms with van der Waals surface area (Å²) in [4.78, 5) is 11.3. The molecule has 0 amide bonds. The number of carbonyl (C=O) groups excluding carboxylic acids is 1. The number of ether oxygens (including phenoxy) is 1. The number of thioether (sulfide) groups is 1. The number of hydrogen-bond acceptors (Lipinski definition) is 3. The molecule has 0 radical (unpaired) electrons. The number of unbranched alkanes of at least 4 members (excludes halogenated alkanes) is 2. The van der Waals surface area contributed by atoms with Crippen LogP contribution in [0.4, 0.5) is 17.6 Å². The van der Waals surface area contributed by atoms with E-state index in [-0.39, 0.29) is 6.42 Å². The number of alkyl halides is 4. The Bertz CT molecular complexity index is 294. The van der Waals surface area contributed by atoms with Gasteiger partial charge in [0, 0.05) is 12.2 Å². The second kappa shape index (κ2) is 8.45. The summed E-state index contributed by atoms with van der Waals surface area (Å²) < 4.78 is 54.6. The van der Waals surface area contributed by atoms with Crippen LogP contribution in [0.5, 0.6) is 0 Å². The summed E-state index contributed by atoms with van der Waals surface area (Å²) >= 11 is 0.354. The van der Waals surface area contributed by atoms with Gasteiger partial charge in [-0.25, -0.2) is 9.18 Å². The Morgan fingerprint density at radius 2 is 1.89 bits per heavy atom. The monoisotopic (exact) mass is 302 g/mol. The minimum absolute atomic E-state index is 0.157. The fraction of sp³-hybridized carbons (Fsp3) is 0.750. The molecule has 19 heavy (non-hydrogen) atoms. The first kappa shape index (κ1) is 18.3. The Balaban J connectivity index is 4.34. The molecule has 0 bridgehead atoms. The summed E-state index contributed by atoms with van der Waals surface area (Å²) in [6.07, 6.45) is -2.29. The lowest BCUT2D eigenvalue weighted by molar-refractivity contribution is -0.149. The minimum Gasteiger partial charge on any atom is -0.466 e. The third-order valence-corrected chi connectivity index (χ3v) is 3.60. The molecule has 0 fully saturated rings. The van der Waals surface area contributed by atoms with Crippen molar-refractivity contribution in [3.8, 4) is 0 Å². The van der Waals surface area contributed by atoms with Gasteiger partial charge in [0.15, 0.2) is 0 Å². The first-order chi connectivity index (χ1) is 8.75. The molecule has 0 rings (SSSR count). The maximum absolute atomic E-state index is 14.3. The molecule has 2 nitrogen and oxygen atoms in total. The predicted octanol–water partition coefficient (Wildman–Crippen LogP) is 4.26. The zero-order valence-electron chi connectivity index (χ0n) is 10.8. The molecule has 0 heterocycles. The zero-order chi connectivity index (χ0) is 14.9. The average molecular weight is 302 g/mol. The van der Waals surface area contributed by atoms with E-state index in [2.05, 4.69) is 11.3 Å². The van der Waals surface area contributed by atoms with Crippen molar-refractivity contribution in [1.29, 1.82) is 0 Å². The molecule has 0 aliphatic carbocycles. The lowest BCUT2D eigenvalue weighted by atomic mass is 10.1. The molecule has 0 aliphatic rings. The van der Waals surface area contributed by atoms with Crippen LogP contribution in [0.25, 0.3) is 0 Å². The van der Waals surface area contributed by atoms with Crippen LogP contribution < -0.4 is 0 Å². The van der Waals surface area contributed by atoms with Gasteiger partial charge in [-0.1, -0.05) is 6.08 Å². The van der Waals surface area contributed by atoms with E-state index in [4.69, 9.17) is 0 Å². The standard InChI is InChI=1S/C12H18F4O2S/c1-3-4-5-6-7-11(13,10(17)18-2)19-9-8-12(14,15)16/h3H,1,4-9H2,2H3. The molecular weight excluding hydrogens is 284 g/mol. The second-order valence-electron chi connectivity index (χ2n) is 3.97. The van der Waals surface area contributed by atoms with Crippen LogP contribution in [-0.2, 0) is 9.53 Å². The summed E-state index contributed by atoms with van der Waals surface area (Å²) in [5, 5.41) is -2.40. The number of halogens is 4. The fourth-order valence-corrected chi connectivity index (χ4v) is 2.50. The molecule has 0 saturated carbocycles. The van der Waals surface area contributed by atoms with Crippen molar-refractivity contribution in [2.24, 2.45) is 0 Å². The Labute approximate surface area is 114 Å². The number of carbonyl (C=O) groups is 1. The number of hydrogen-bond donors (Lipinski definition) is 0. The quantitative estimate of drug-likeness (QED) is 0.275. The van der Waals surface area contributed by atoms with Gasteiger partial charge in [0.05, 0.1) is 13.5 Å². The summed E-state index contributed by atoms with van der Waals surface area (Å²) in [5.41, 5.74) is 0. The molecule has 0 aromatic carbocycles. The molecule has 7 heteroatoms. The molecule has 0 N–H and O–H groups in total. The first-order valence-electron chi connectivity index (χ1n) is 5.84. The lowest BCUT2D eigenvalue weighted by Gasteiger charge is -2.22. The summed E-state index contributed by atoms with van der Waals surface area (Å²) in [5.74, 6) is -1.63. The van der Waals surface area contributed by atoms with Crippen molar-refractivity contribution >= 4 is 17.7 Å². The molecule has 0 saturated heterocycles. The molecule has 112 valence electrons. The van der Waals surface area contributed by atoms with Crippen molar-refractivity contribution in [2.75, 3.05) is 12.9 Å². The molecule has 1 atom stereocenters. The third-order valence-electron chi connectivity index (χ3n) is 2.36. The van der Waals surface area contributed by atoms with Crippen molar-refractivity contribution in [1.82, 2.24) is 0 Å². The van der Waals surface area contributed by atoms with Gasteiger partial charge in [0.2, 0.25) is 0 Å². The molecule has 0 spiro atoms. The SMILES string of the molecule is C=CCCCCC(F)(SCCC(F)(F)F)C(=O)OC. The Morgan fingerprint density at radius 3 is 2.37 bits per heavy atom. The van der Waals surface area contributed by atoms with Gasteiger partial charge in [0.1, 0.15) is 0 Å². The number of esters is 1. The van der Waals surface area contributed by atoms with Gasteiger partial charge in [-0.05, 0) is 19.3 Å². The van der Waals surface area contributed by atoms with Crippen LogP contribution in [0, 0.1) is 0 Å². The van der Waals surface area contributed by atoms with Gasteiger partial charge in [-0.15, -0.1) is 18.3 Å². The predicted molar refractivity (Wildman–Crippen MR) is 67.7 cm³/mol. The number of methoxy groups -OCH3 is 1. The van der Waals surface area contributed by atoms with E-state index in [0.717, 1.165) is 7.11 Å². The highest BCUT2D eigenvalue weighted by molar-refractivity contribution is 8.01. The van der Waals surface area contributed by atoms with Crippen LogP contribution >= 0.6 is 11.8 Å². The lowest BCUT2D eigenvalue weighted by Crippen LogP contribution is -2.32. The van der Waals surface area contributed by atoms with Gasteiger partial charge >= 0.3 is 12.1 Å². The maximum Gasteiger partial charge on any atom is 0.389 e. The Hall–Kier alpha value is -0.720. The van der Waals surface area contributed by atoms with E-state index in [9.17, 15) is 22.4 Å². The summed E-state index contributed by atoms with van der Waals surface area (Å²) in [6, 6.07) is 0. The smallest absolute Gasteiger partial charge is 0.389 e. The maximum atomic E-state index is 14.3. The van der Waals surface area contributed by atoms with E-state index >= 15 is 0 Å². The van der Waals surface area contributed by atoms with Crippen LogP contribution in [-0.4, -0.2) is 30.0 Å². The van der Waals surface area contributed by atoms with E-state index in [1.54, 1.807) is 6.08 Å². The van der Waals surface area contributed by atoms with Crippen molar-refractivity contribution in [3.05, 3.63) is 12.7 Å². The van der Waals surface area contributed by atoms with Crippen LogP contribution in [0.3, 0.4) is 0 Å². The highest BCUT2D eigenvalue weighted by Gasteiger charge is 2.41. The Morgan fingerprint density at radius 1 is 1.26 bits per heavy atom. The van der Waals surface area contributed by atoms with Gasteiger partial charge in [-0.3, -0.25) is 0 Å². The molecule has 0 aromatic rings. The minimum atomic E-state index is -4.35. The number of rotatable bonds is 9. The molecule has 0 aliphatic heterocycles. The first-order valence-corrected chi connectivity index (χ1v) is 6.82. The normalized spacial score (nSPS) is 14.8.